The van der Waals surface area contributed by atoms with Gasteiger partial charge in [-0.25, -0.2) is 4.79 Å². The molecule has 5 nitrogen and oxygen atoms in total. The molecule has 0 atom stereocenters. The largest absolute Gasteiger partial charge is 0.475 e. The fourth-order valence-electron chi connectivity index (χ4n) is 1.53. The average molecular weight is 208 g/mol. The summed E-state index contributed by atoms with van der Waals surface area (Å²) in [6.07, 6.45) is 2.93. The Labute approximate surface area is 87.0 Å². The van der Waals surface area contributed by atoms with Gasteiger partial charge in [-0.3, -0.25) is 0 Å². The van der Waals surface area contributed by atoms with Crippen molar-refractivity contribution in [3.05, 3.63) is 23.6 Å². The molecule has 1 aliphatic heterocycles. The van der Waals surface area contributed by atoms with E-state index >= 15 is 0 Å². The number of carboxylic acids is 1. The van der Waals surface area contributed by atoms with Crippen molar-refractivity contribution in [3.63, 3.8) is 0 Å². The molecule has 1 N–H and O–H groups in total. The lowest BCUT2D eigenvalue weighted by Gasteiger charge is -2.20. The molecule has 0 aliphatic carbocycles. The van der Waals surface area contributed by atoms with Crippen molar-refractivity contribution in [2.75, 3.05) is 20.1 Å². The number of carbonyl (C=O) groups is 1. The molecule has 80 valence electrons. The molecule has 1 aliphatic rings. The third-order valence-electron chi connectivity index (χ3n) is 2.46. The molecule has 0 radical (unpaired) electrons. The molecule has 5 heteroatoms. The molecule has 1 aromatic heterocycles. The predicted molar refractivity (Wildman–Crippen MR) is 53.6 cm³/mol. The van der Waals surface area contributed by atoms with E-state index in [1.54, 1.807) is 0 Å². The third kappa shape index (κ3) is 2.07. The van der Waals surface area contributed by atoms with Gasteiger partial charge in [-0.05, 0) is 19.0 Å². The van der Waals surface area contributed by atoms with E-state index in [4.69, 9.17) is 9.63 Å². The molecule has 15 heavy (non-hydrogen) atoms. The first-order valence-corrected chi connectivity index (χ1v) is 4.75. The van der Waals surface area contributed by atoms with Crippen molar-refractivity contribution >= 4 is 11.5 Å². The van der Waals surface area contributed by atoms with E-state index in [9.17, 15) is 4.79 Å². The Hall–Kier alpha value is -1.62. The second-order valence-electron chi connectivity index (χ2n) is 3.62. The van der Waals surface area contributed by atoms with Gasteiger partial charge >= 0.3 is 5.97 Å². The summed E-state index contributed by atoms with van der Waals surface area (Å²) in [6.45, 7) is 1.83. The van der Waals surface area contributed by atoms with Crippen LogP contribution in [0.15, 0.2) is 16.7 Å². The van der Waals surface area contributed by atoms with Crippen molar-refractivity contribution in [3.8, 4) is 0 Å². The van der Waals surface area contributed by atoms with Crippen LogP contribution in [0.3, 0.4) is 0 Å². The molecule has 0 fully saturated rings. The maximum Gasteiger partial charge on any atom is 0.374 e. The molecule has 0 amide bonds. The summed E-state index contributed by atoms with van der Waals surface area (Å²) >= 11 is 0. The van der Waals surface area contributed by atoms with Gasteiger partial charge in [0.05, 0.1) is 0 Å². The summed E-state index contributed by atoms with van der Waals surface area (Å²) in [4.78, 5) is 12.8. The van der Waals surface area contributed by atoms with Gasteiger partial charge in [0.25, 0.3) is 0 Å². The number of nitrogens with zero attached hydrogens (tertiary/aromatic N) is 2. The normalized spacial score (nSPS) is 17.5. The van der Waals surface area contributed by atoms with Crippen molar-refractivity contribution in [1.82, 2.24) is 10.1 Å². The highest BCUT2D eigenvalue weighted by Crippen LogP contribution is 2.21. The fraction of sp³-hybridized carbons (Fsp3) is 0.400. The van der Waals surface area contributed by atoms with Gasteiger partial charge in [0.1, 0.15) is 5.69 Å². The standard InChI is InChI=1S/C10H12N2O3/c1-12-4-2-7(3-5-12)8-6-9(10(13)14)15-11-8/h2,6H,3-5H2,1H3,(H,13,14). The third-order valence-corrected chi connectivity index (χ3v) is 2.46. The Morgan fingerprint density at radius 2 is 2.47 bits per heavy atom. The molecule has 0 spiro atoms. The van der Waals surface area contributed by atoms with Crippen LogP contribution in [0, 0.1) is 0 Å². The lowest BCUT2D eigenvalue weighted by molar-refractivity contribution is 0.0652. The molecule has 2 heterocycles. The van der Waals surface area contributed by atoms with Crippen molar-refractivity contribution < 1.29 is 14.4 Å². The van der Waals surface area contributed by atoms with Crippen molar-refractivity contribution in [2.45, 2.75) is 6.42 Å². The Balaban J connectivity index is 2.19. The number of carboxylic acid groups (broad SMARTS) is 1. The predicted octanol–water partition coefficient (Wildman–Crippen LogP) is 1.09. The van der Waals surface area contributed by atoms with Crippen LogP contribution in [0.2, 0.25) is 0 Å². The van der Waals surface area contributed by atoms with Gasteiger partial charge < -0.3 is 14.5 Å². The van der Waals surface area contributed by atoms with E-state index in [0.717, 1.165) is 25.1 Å². The Morgan fingerprint density at radius 3 is 3.00 bits per heavy atom. The van der Waals surface area contributed by atoms with Gasteiger partial charge in [-0.15, -0.1) is 0 Å². The molecule has 0 saturated heterocycles. The van der Waals surface area contributed by atoms with Gasteiger partial charge in [0.15, 0.2) is 0 Å². The van der Waals surface area contributed by atoms with Crippen LogP contribution in [-0.2, 0) is 0 Å². The molecule has 1 aromatic rings. The second kappa shape index (κ2) is 3.86. The first kappa shape index (κ1) is 9.92. The number of aromatic carboxylic acids is 1. The minimum atomic E-state index is -1.08. The Kier molecular flexibility index (Phi) is 2.55. The minimum Gasteiger partial charge on any atom is -0.475 e. The zero-order valence-corrected chi connectivity index (χ0v) is 8.43. The van der Waals surface area contributed by atoms with Crippen LogP contribution in [0.1, 0.15) is 22.7 Å². The molecule has 0 bridgehead atoms. The van der Waals surface area contributed by atoms with Gasteiger partial charge in [-0.2, -0.15) is 0 Å². The van der Waals surface area contributed by atoms with E-state index in [-0.39, 0.29) is 5.76 Å². The summed E-state index contributed by atoms with van der Waals surface area (Å²) in [6, 6.07) is 1.47. The van der Waals surface area contributed by atoms with Crippen molar-refractivity contribution in [2.24, 2.45) is 0 Å². The van der Waals surface area contributed by atoms with Crippen LogP contribution in [0.25, 0.3) is 5.57 Å². The molecular weight excluding hydrogens is 196 g/mol. The number of hydrogen-bond acceptors (Lipinski definition) is 4. The van der Waals surface area contributed by atoms with E-state index in [0.29, 0.717) is 5.69 Å². The maximum atomic E-state index is 10.6. The van der Waals surface area contributed by atoms with E-state index in [2.05, 4.69) is 10.1 Å². The monoisotopic (exact) mass is 208 g/mol. The summed E-state index contributed by atoms with van der Waals surface area (Å²) in [5, 5.41) is 12.4. The molecular formula is C10H12N2O3. The molecule has 0 unspecified atom stereocenters. The Bertz CT molecular complexity index is 409. The first-order valence-electron chi connectivity index (χ1n) is 4.75. The fourth-order valence-corrected chi connectivity index (χ4v) is 1.53. The minimum absolute atomic E-state index is 0.107. The topological polar surface area (TPSA) is 66.6 Å². The smallest absolute Gasteiger partial charge is 0.374 e. The Morgan fingerprint density at radius 1 is 1.67 bits per heavy atom. The van der Waals surface area contributed by atoms with Gasteiger partial charge in [0, 0.05) is 19.2 Å². The quantitative estimate of drug-likeness (QED) is 0.788. The van der Waals surface area contributed by atoms with Gasteiger partial charge in [-0.1, -0.05) is 11.2 Å². The summed E-state index contributed by atoms with van der Waals surface area (Å²) in [5.74, 6) is -1.19. The van der Waals surface area contributed by atoms with Crippen molar-refractivity contribution in [1.29, 1.82) is 0 Å². The number of aromatic nitrogens is 1. The van der Waals surface area contributed by atoms with Crippen LogP contribution >= 0.6 is 0 Å². The highest BCUT2D eigenvalue weighted by molar-refractivity contribution is 5.85. The second-order valence-corrected chi connectivity index (χ2v) is 3.62. The summed E-state index contributed by atoms with van der Waals surface area (Å²) < 4.78 is 4.70. The average Bonchev–Trinajstić information content (AvgIpc) is 2.68. The number of likely N-dealkylation sites (N-methyl/N-ethyl adjacent to an activating group) is 1. The molecule has 2 rings (SSSR count). The van der Waals surface area contributed by atoms with E-state index in [1.165, 1.54) is 6.07 Å². The van der Waals surface area contributed by atoms with E-state index in [1.807, 2.05) is 13.1 Å². The molecule has 0 saturated carbocycles. The molecule has 0 aromatic carbocycles. The van der Waals surface area contributed by atoms with Crippen LogP contribution in [-0.4, -0.2) is 41.3 Å². The zero-order valence-electron chi connectivity index (χ0n) is 8.43. The first-order chi connectivity index (χ1) is 7.16. The lowest BCUT2D eigenvalue weighted by Crippen LogP contribution is -2.23. The van der Waals surface area contributed by atoms with Crippen LogP contribution in [0.5, 0.6) is 0 Å². The highest BCUT2D eigenvalue weighted by Gasteiger charge is 2.16. The van der Waals surface area contributed by atoms with E-state index < -0.39 is 5.97 Å². The number of rotatable bonds is 2. The number of hydrogen-bond donors (Lipinski definition) is 1. The maximum absolute atomic E-state index is 10.6. The van der Waals surface area contributed by atoms with Crippen LogP contribution in [0.4, 0.5) is 0 Å². The zero-order chi connectivity index (χ0) is 10.8. The summed E-state index contributed by atoms with van der Waals surface area (Å²) in [7, 11) is 2.04. The summed E-state index contributed by atoms with van der Waals surface area (Å²) in [5.41, 5.74) is 1.70. The highest BCUT2D eigenvalue weighted by atomic mass is 16.5. The SMILES string of the molecule is CN1CC=C(c2cc(C(=O)O)on2)CC1. The lowest BCUT2D eigenvalue weighted by atomic mass is 10.1. The van der Waals surface area contributed by atoms with Crippen LogP contribution < -0.4 is 0 Å². The van der Waals surface area contributed by atoms with Gasteiger partial charge in [0.2, 0.25) is 5.76 Å².